The molecule has 1 aliphatic heterocycles. The summed E-state index contributed by atoms with van der Waals surface area (Å²) in [5, 5.41) is 0. The van der Waals surface area contributed by atoms with Crippen molar-refractivity contribution >= 4 is 5.84 Å². The van der Waals surface area contributed by atoms with Crippen LogP contribution in [0.4, 0.5) is 0 Å². The molecule has 0 amide bonds. The van der Waals surface area contributed by atoms with E-state index in [1.54, 1.807) is 0 Å². The fourth-order valence-corrected chi connectivity index (χ4v) is 2.56. The first-order chi connectivity index (χ1) is 9.25. The van der Waals surface area contributed by atoms with Gasteiger partial charge in [-0.2, -0.15) is 0 Å². The molecule has 0 saturated carbocycles. The summed E-state index contributed by atoms with van der Waals surface area (Å²) in [6, 6.07) is 19.2. The van der Waals surface area contributed by atoms with E-state index < -0.39 is 0 Å². The zero-order valence-electron chi connectivity index (χ0n) is 11.4. The van der Waals surface area contributed by atoms with E-state index in [4.69, 9.17) is 4.99 Å². The molecule has 0 unspecified atom stereocenters. The van der Waals surface area contributed by atoms with E-state index in [-0.39, 0.29) is 6.04 Å². The van der Waals surface area contributed by atoms with Gasteiger partial charge < -0.3 is 4.90 Å². The molecule has 0 radical (unpaired) electrons. The van der Waals surface area contributed by atoms with Crippen molar-refractivity contribution in [1.82, 2.24) is 4.90 Å². The third-order valence-electron chi connectivity index (χ3n) is 3.74. The highest BCUT2D eigenvalue weighted by Crippen LogP contribution is 2.31. The highest BCUT2D eigenvalue weighted by Gasteiger charge is 2.21. The minimum atomic E-state index is 0.113. The fourth-order valence-electron chi connectivity index (χ4n) is 2.56. The van der Waals surface area contributed by atoms with Crippen LogP contribution in [0.1, 0.15) is 29.7 Å². The minimum Gasteiger partial charge on any atom is -0.359 e. The van der Waals surface area contributed by atoms with Gasteiger partial charge in [-0.05, 0) is 23.6 Å². The molecule has 1 atom stereocenters. The van der Waals surface area contributed by atoms with Crippen LogP contribution in [0.2, 0.25) is 0 Å². The largest absolute Gasteiger partial charge is 0.359 e. The lowest BCUT2D eigenvalue weighted by atomic mass is 9.95. The lowest BCUT2D eigenvalue weighted by Crippen LogP contribution is -2.22. The van der Waals surface area contributed by atoms with Crippen LogP contribution in [-0.2, 0) is 6.54 Å². The molecule has 2 aromatic carbocycles. The van der Waals surface area contributed by atoms with E-state index in [1.165, 1.54) is 16.7 Å². The van der Waals surface area contributed by atoms with Gasteiger partial charge in [-0.3, -0.25) is 4.99 Å². The van der Waals surface area contributed by atoms with Crippen molar-refractivity contribution in [2.75, 3.05) is 7.05 Å². The predicted molar refractivity (Wildman–Crippen MR) is 79.3 cm³/mol. The SMILES string of the molecule is CC1=N[C@H](c2ccccc2)c2ccccc2CN1C. The normalized spacial score (nSPS) is 18.5. The summed E-state index contributed by atoms with van der Waals surface area (Å²) in [5.41, 5.74) is 3.93. The van der Waals surface area contributed by atoms with Gasteiger partial charge in [-0.1, -0.05) is 54.6 Å². The Bertz CT molecular complexity index is 602. The van der Waals surface area contributed by atoms with E-state index in [2.05, 4.69) is 73.5 Å². The molecule has 0 bridgehead atoms. The summed E-state index contributed by atoms with van der Waals surface area (Å²) >= 11 is 0. The van der Waals surface area contributed by atoms with Gasteiger partial charge in [-0.15, -0.1) is 0 Å². The molecular weight excluding hydrogens is 232 g/mol. The smallest absolute Gasteiger partial charge is 0.102 e. The van der Waals surface area contributed by atoms with Crippen molar-refractivity contribution in [1.29, 1.82) is 0 Å². The summed E-state index contributed by atoms with van der Waals surface area (Å²) < 4.78 is 0. The summed E-state index contributed by atoms with van der Waals surface area (Å²) in [7, 11) is 2.10. The van der Waals surface area contributed by atoms with Crippen molar-refractivity contribution in [3.8, 4) is 0 Å². The molecule has 0 N–H and O–H groups in total. The van der Waals surface area contributed by atoms with Gasteiger partial charge in [0.15, 0.2) is 0 Å². The number of benzene rings is 2. The standard InChI is InChI=1S/C17H18N2/c1-13-18-17(14-8-4-3-5-9-14)16-11-7-6-10-15(16)12-19(13)2/h3-11,17H,12H2,1-2H3/t17-/m1/s1. The Morgan fingerprint density at radius 1 is 1.00 bits per heavy atom. The van der Waals surface area contributed by atoms with E-state index in [0.717, 1.165) is 12.4 Å². The topological polar surface area (TPSA) is 15.6 Å². The Hall–Kier alpha value is -2.09. The number of aliphatic imine (C=N–C) groups is 1. The van der Waals surface area contributed by atoms with Gasteiger partial charge in [0.05, 0.1) is 5.84 Å². The third-order valence-corrected chi connectivity index (χ3v) is 3.74. The van der Waals surface area contributed by atoms with Crippen LogP contribution in [-0.4, -0.2) is 17.8 Å². The number of fused-ring (bicyclic) bond motifs is 1. The van der Waals surface area contributed by atoms with Crippen LogP contribution in [0.25, 0.3) is 0 Å². The zero-order valence-corrected chi connectivity index (χ0v) is 11.4. The maximum atomic E-state index is 4.91. The highest BCUT2D eigenvalue weighted by molar-refractivity contribution is 5.80. The summed E-state index contributed by atoms with van der Waals surface area (Å²) in [6.07, 6.45) is 0. The molecule has 1 aliphatic rings. The van der Waals surface area contributed by atoms with Gasteiger partial charge in [0.2, 0.25) is 0 Å². The predicted octanol–water partition coefficient (Wildman–Crippen LogP) is 3.64. The maximum Gasteiger partial charge on any atom is 0.102 e. The third kappa shape index (κ3) is 2.26. The summed E-state index contributed by atoms with van der Waals surface area (Å²) in [5.74, 6) is 1.09. The molecule has 0 aliphatic carbocycles. The number of amidine groups is 1. The van der Waals surface area contributed by atoms with Crippen molar-refractivity contribution < 1.29 is 0 Å². The van der Waals surface area contributed by atoms with Crippen LogP contribution in [0.5, 0.6) is 0 Å². The molecule has 2 aromatic rings. The van der Waals surface area contributed by atoms with Crippen LogP contribution >= 0.6 is 0 Å². The van der Waals surface area contributed by atoms with E-state index in [9.17, 15) is 0 Å². The van der Waals surface area contributed by atoms with Gasteiger partial charge in [-0.25, -0.2) is 0 Å². The molecule has 19 heavy (non-hydrogen) atoms. The molecule has 0 spiro atoms. The van der Waals surface area contributed by atoms with Gasteiger partial charge >= 0.3 is 0 Å². The molecule has 3 rings (SSSR count). The lowest BCUT2D eigenvalue weighted by Gasteiger charge is -2.16. The monoisotopic (exact) mass is 250 g/mol. The average Bonchev–Trinajstić information content (AvgIpc) is 2.58. The first-order valence-electron chi connectivity index (χ1n) is 6.64. The fraction of sp³-hybridized carbons (Fsp3) is 0.235. The van der Waals surface area contributed by atoms with Crippen LogP contribution in [0, 0.1) is 0 Å². The quantitative estimate of drug-likeness (QED) is 0.754. The van der Waals surface area contributed by atoms with E-state index >= 15 is 0 Å². The Kier molecular flexibility index (Phi) is 3.08. The first kappa shape index (κ1) is 12.0. The van der Waals surface area contributed by atoms with Crippen LogP contribution in [0.15, 0.2) is 59.6 Å². The molecule has 2 nitrogen and oxygen atoms in total. The first-order valence-corrected chi connectivity index (χ1v) is 6.64. The maximum absolute atomic E-state index is 4.91. The Balaban J connectivity index is 2.16. The zero-order chi connectivity index (χ0) is 13.2. The Morgan fingerprint density at radius 2 is 1.68 bits per heavy atom. The molecule has 96 valence electrons. The summed E-state index contributed by atoms with van der Waals surface area (Å²) in [6.45, 7) is 3.01. The molecule has 0 fully saturated rings. The van der Waals surface area contributed by atoms with Crippen molar-refractivity contribution in [2.24, 2.45) is 4.99 Å². The molecule has 0 aromatic heterocycles. The van der Waals surface area contributed by atoms with E-state index in [1.807, 2.05) is 0 Å². The Morgan fingerprint density at radius 3 is 2.47 bits per heavy atom. The lowest BCUT2D eigenvalue weighted by molar-refractivity contribution is 0.500. The van der Waals surface area contributed by atoms with Gasteiger partial charge in [0.1, 0.15) is 6.04 Å². The van der Waals surface area contributed by atoms with Crippen LogP contribution in [0.3, 0.4) is 0 Å². The van der Waals surface area contributed by atoms with Crippen molar-refractivity contribution in [3.63, 3.8) is 0 Å². The molecule has 2 heteroatoms. The van der Waals surface area contributed by atoms with Crippen molar-refractivity contribution in [2.45, 2.75) is 19.5 Å². The second-order valence-corrected chi connectivity index (χ2v) is 5.04. The second kappa shape index (κ2) is 4.88. The van der Waals surface area contributed by atoms with Crippen molar-refractivity contribution in [3.05, 3.63) is 71.3 Å². The number of nitrogens with zero attached hydrogens (tertiary/aromatic N) is 2. The second-order valence-electron chi connectivity index (χ2n) is 5.04. The number of hydrogen-bond donors (Lipinski definition) is 0. The minimum absolute atomic E-state index is 0.113. The summed E-state index contributed by atoms with van der Waals surface area (Å²) in [4.78, 5) is 7.12. The van der Waals surface area contributed by atoms with E-state index in [0.29, 0.717) is 0 Å². The van der Waals surface area contributed by atoms with Crippen LogP contribution < -0.4 is 0 Å². The van der Waals surface area contributed by atoms with Gasteiger partial charge in [0.25, 0.3) is 0 Å². The highest BCUT2D eigenvalue weighted by atomic mass is 15.2. The number of hydrogen-bond acceptors (Lipinski definition) is 2. The molecular formula is C17H18N2. The Labute approximate surface area is 114 Å². The molecule has 0 saturated heterocycles. The molecule has 1 heterocycles. The average molecular weight is 250 g/mol. The number of rotatable bonds is 1. The van der Waals surface area contributed by atoms with Gasteiger partial charge in [0, 0.05) is 13.6 Å².